The SMILES string of the molecule is O=c1cc([C@@H]2CCCO2)[nH]c(=O)n1C1CC1. The minimum Gasteiger partial charge on any atom is -0.372 e. The van der Waals surface area contributed by atoms with Gasteiger partial charge in [0.05, 0.1) is 11.8 Å². The van der Waals surface area contributed by atoms with E-state index in [-0.39, 0.29) is 23.4 Å². The first-order valence-corrected chi connectivity index (χ1v) is 5.73. The Balaban J connectivity index is 2.02. The van der Waals surface area contributed by atoms with Gasteiger partial charge in [0.2, 0.25) is 0 Å². The molecule has 5 nitrogen and oxygen atoms in total. The van der Waals surface area contributed by atoms with Crippen molar-refractivity contribution in [2.75, 3.05) is 6.61 Å². The third-order valence-electron chi connectivity index (χ3n) is 3.18. The highest BCUT2D eigenvalue weighted by atomic mass is 16.5. The van der Waals surface area contributed by atoms with Crippen molar-refractivity contribution in [1.82, 2.24) is 9.55 Å². The molecule has 5 heteroatoms. The molecule has 86 valence electrons. The highest BCUT2D eigenvalue weighted by Crippen LogP contribution is 2.32. The standard InChI is InChI=1S/C11H14N2O3/c14-10-6-8(9-2-1-5-16-9)12-11(15)13(10)7-3-4-7/h6-7,9H,1-5H2,(H,12,15)/t9-/m0/s1. The second-order valence-electron chi connectivity index (χ2n) is 4.47. The summed E-state index contributed by atoms with van der Waals surface area (Å²) in [6.45, 7) is 0.707. The molecule has 0 radical (unpaired) electrons. The minimum atomic E-state index is -0.291. The maximum absolute atomic E-state index is 11.8. The number of aromatic nitrogens is 2. The zero-order valence-corrected chi connectivity index (χ0v) is 8.94. The summed E-state index contributed by atoms with van der Waals surface area (Å²) >= 11 is 0. The number of hydrogen-bond acceptors (Lipinski definition) is 3. The van der Waals surface area contributed by atoms with E-state index in [0.717, 1.165) is 25.7 Å². The van der Waals surface area contributed by atoms with Crippen LogP contribution in [0.15, 0.2) is 15.7 Å². The fourth-order valence-corrected chi connectivity index (χ4v) is 2.20. The van der Waals surface area contributed by atoms with Crippen molar-refractivity contribution >= 4 is 0 Å². The Kier molecular flexibility index (Phi) is 2.21. The van der Waals surface area contributed by atoms with Crippen LogP contribution in [-0.2, 0) is 4.74 Å². The van der Waals surface area contributed by atoms with Crippen LogP contribution in [0.25, 0.3) is 0 Å². The Hall–Kier alpha value is -1.36. The minimum absolute atomic E-state index is 0.103. The first kappa shape index (κ1) is 9.84. The van der Waals surface area contributed by atoms with E-state index in [4.69, 9.17) is 4.74 Å². The lowest BCUT2D eigenvalue weighted by molar-refractivity contribution is 0.108. The van der Waals surface area contributed by atoms with Gasteiger partial charge in [-0.2, -0.15) is 0 Å². The summed E-state index contributed by atoms with van der Waals surface area (Å²) in [6.07, 6.45) is 3.63. The molecule has 16 heavy (non-hydrogen) atoms. The average Bonchev–Trinajstić information content (AvgIpc) is 2.92. The van der Waals surface area contributed by atoms with Crippen molar-refractivity contribution in [2.24, 2.45) is 0 Å². The van der Waals surface area contributed by atoms with Gasteiger partial charge >= 0.3 is 5.69 Å². The molecule has 1 aromatic rings. The monoisotopic (exact) mass is 222 g/mol. The lowest BCUT2D eigenvalue weighted by atomic mass is 10.2. The highest BCUT2D eigenvalue weighted by molar-refractivity contribution is 5.06. The Morgan fingerprint density at radius 1 is 1.31 bits per heavy atom. The normalized spacial score (nSPS) is 24.9. The third kappa shape index (κ3) is 1.61. The molecule has 0 spiro atoms. The van der Waals surface area contributed by atoms with Gasteiger partial charge in [0.1, 0.15) is 0 Å². The van der Waals surface area contributed by atoms with Crippen LogP contribution in [0.1, 0.15) is 43.5 Å². The highest BCUT2D eigenvalue weighted by Gasteiger charge is 2.28. The summed E-state index contributed by atoms with van der Waals surface area (Å²) in [5.41, 5.74) is 0.140. The number of hydrogen-bond donors (Lipinski definition) is 1. The lowest BCUT2D eigenvalue weighted by Crippen LogP contribution is -2.35. The molecule has 1 aliphatic carbocycles. The quantitative estimate of drug-likeness (QED) is 0.802. The van der Waals surface area contributed by atoms with Crippen molar-refractivity contribution in [3.63, 3.8) is 0 Å². The van der Waals surface area contributed by atoms with Gasteiger partial charge in [0.25, 0.3) is 5.56 Å². The zero-order valence-electron chi connectivity index (χ0n) is 8.94. The summed E-state index contributed by atoms with van der Waals surface area (Å²) in [6, 6.07) is 1.63. The van der Waals surface area contributed by atoms with Gasteiger partial charge < -0.3 is 9.72 Å². The maximum Gasteiger partial charge on any atom is 0.328 e. The van der Waals surface area contributed by atoms with Gasteiger partial charge in [-0.15, -0.1) is 0 Å². The lowest BCUT2D eigenvalue weighted by Gasteiger charge is -2.10. The predicted molar refractivity (Wildman–Crippen MR) is 57.5 cm³/mol. The maximum atomic E-state index is 11.8. The molecule has 1 atom stereocenters. The Labute approximate surface area is 92.1 Å². The second-order valence-corrected chi connectivity index (χ2v) is 4.47. The average molecular weight is 222 g/mol. The van der Waals surface area contributed by atoms with Crippen molar-refractivity contribution in [1.29, 1.82) is 0 Å². The van der Waals surface area contributed by atoms with E-state index < -0.39 is 0 Å². The molecular weight excluding hydrogens is 208 g/mol. The van der Waals surface area contributed by atoms with Gasteiger partial charge in [-0.05, 0) is 25.7 Å². The van der Waals surface area contributed by atoms with E-state index in [9.17, 15) is 9.59 Å². The molecule has 0 bridgehead atoms. The number of rotatable bonds is 2. The van der Waals surface area contributed by atoms with Crippen LogP contribution in [0.2, 0.25) is 0 Å². The molecule has 0 unspecified atom stereocenters. The molecule has 2 fully saturated rings. The Morgan fingerprint density at radius 2 is 2.12 bits per heavy atom. The van der Waals surface area contributed by atoms with E-state index in [0.29, 0.717) is 12.3 Å². The van der Waals surface area contributed by atoms with Crippen molar-refractivity contribution < 1.29 is 4.74 Å². The topological polar surface area (TPSA) is 64.1 Å². The molecular formula is C11H14N2O3. The van der Waals surface area contributed by atoms with E-state index in [2.05, 4.69) is 4.98 Å². The fraction of sp³-hybridized carbons (Fsp3) is 0.636. The van der Waals surface area contributed by atoms with E-state index in [1.807, 2.05) is 0 Å². The number of ether oxygens (including phenoxy) is 1. The molecule has 1 aromatic heterocycles. The molecule has 2 heterocycles. The third-order valence-corrected chi connectivity index (χ3v) is 3.18. The number of H-pyrrole nitrogens is 1. The van der Waals surface area contributed by atoms with E-state index in [1.165, 1.54) is 10.6 Å². The zero-order chi connectivity index (χ0) is 11.1. The van der Waals surface area contributed by atoms with Crippen LogP contribution >= 0.6 is 0 Å². The van der Waals surface area contributed by atoms with Crippen LogP contribution in [-0.4, -0.2) is 16.2 Å². The Morgan fingerprint density at radius 3 is 2.69 bits per heavy atom. The van der Waals surface area contributed by atoms with Gasteiger partial charge in [0.15, 0.2) is 0 Å². The van der Waals surface area contributed by atoms with Gasteiger partial charge in [-0.3, -0.25) is 9.36 Å². The van der Waals surface area contributed by atoms with Crippen molar-refractivity contribution in [2.45, 2.75) is 37.8 Å². The van der Waals surface area contributed by atoms with Crippen molar-refractivity contribution in [3.05, 3.63) is 32.6 Å². The van der Waals surface area contributed by atoms with Gasteiger partial charge in [-0.25, -0.2) is 4.79 Å². The van der Waals surface area contributed by atoms with E-state index >= 15 is 0 Å². The van der Waals surface area contributed by atoms with Gasteiger partial charge in [0, 0.05) is 18.7 Å². The molecule has 3 rings (SSSR count). The fourth-order valence-electron chi connectivity index (χ4n) is 2.20. The molecule has 1 aliphatic heterocycles. The Bertz CT molecular complexity index is 475. The van der Waals surface area contributed by atoms with Crippen LogP contribution in [0.3, 0.4) is 0 Å². The summed E-state index contributed by atoms with van der Waals surface area (Å²) in [4.78, 5) is 26.3. The van der Waals surface area contributed by atoms with E-state index in [1.54, 1.807) is 0 Å². The molecule has 0 aromatic carbocycles. The predicted octanol–water partition coefficient (Wildman–Crippen LogP) is 0.723. The summed E-state index contributed by atoms with van der Waals surface area (Å²) in [5.74, 6) is 0. The van der Waals surface area contributed by atoms with Crippen LogP contribution in [0, 0.1) is 0 Å². The first-order valence-electron chi connectivity index (χ1n) is 5.73. The largest absolute Gasteiger partial charge is 0.372 e. The molecule has 1 saturated heterocycles. The van der Waals surface area contributed by atoms with Crippen LogP contribution in [0.5, 0.6) is 0 Å². The van der Waals surface area contributed by atoms with Crippen molar-refractivity contribution in [3.8, 4) is 0 Å². The summed E-state index contributed by atoms with van der Waals surface area (Å²) < 4.78 is 6.76. The number of nitrogens with one attached hydrogen (secondary N) is 1. The molecule has 2 aliphatic rings. The number of aromatic amines is 1. The van der Waals surface area contributed by atoms with Crippen LogP contribution < -0.4 is 11.2 Å². The molecule has 1 saturated carbocycles. The molecule has 0 amide bonds. The van der Waals surface area contributed by atoms with Crippen LogP contribution in [0.4, 0.5) is 0 Å². The summed E-state index contributed by atoms with van der Waals surface area (Å²) in [5, 5.41) is 0. The van der Waals surface area contributed by atoms with Gasteiger partial charge in [-0.1, -0.05) is 0 Å². The second kappa shape index (κ2) is 3.59. The smallest absolute Gasteiger partial charge is 0.328 e. The molecule has 1 N–H and O–H groups in total. The first-order chi connectivity index (χ1) is 7.75. The number of nitrogens with zero attached hydrogens (tertiary/aromatic N) is 1. The summed E-state index contributed by atoms with van der Waals surface area (Å²) in [7, 11) is 0.